The van der Waals surface area contributed by atoms with Gasteiger partial charge in [-0.1, -0.05) is 12.1 Å². The van der Waals surface area contributed by atoms with E-state index in [4.69, 9.17) is 5.11 Å². The van der Waals surface area contributed by atoms with Crippen LogP contribution in [-0.4, -0.2) is 31.0 Å². The van der Waals surface area contributed by atoms with E-state index in [1.807, 2.05) is 0 Å². The second-order valence-electron chi connectivity index (χ2n) is 4.79. The van der Waals surface area contributed by atoms with Crippen LogP contribution in [0.25, 0.3) is 11.0 Å². The highest BCUT2D eigenvalue weighted by Gasteiger charge is 2.10. The normalized spacial score (nSPS) is 10.6. The molecule has 3 N–H and O–H groups in total. The van der Waals surface area contributed by atoms with Gasteiger partial charge in [0, 0.05) is 12.7 Å². The second-order valence-corrected chi connectivity index (χ2v) is 4.79. The van der Waals surface area contributed by atoms with E-state index in [9.17, 15) is 14.8 Å². The van der Waals surface area contributed by atoms with E-state index in [0.717, 1.165) is 5.56 Å². The van der Waals surface area contributed by atoms with Crippen LogP contribution in [-0.2, 0) is 6.54 Å². The van der Waals surface area contributed by atoms with Crippen LogP contribution in [0, 0.1) is 0 Å². The van der Waals surface area contributed by atoms with Crippen LogP contribution in [0.4, 0.5) is 5.82 Å². The summed E-state index contributed by atoms with van der Waals surface area (Å²) in [5, 5.41) is 22.1. The molecule has 0 aliphatic rings. The van der Waals surface area contributed by atoms with Crippen molar-refractivity contribution in [3.8, 4) is 0 Å². The lowest BCUT2D eigenvalue weighted by Crippen LogP contribution is -2.23. The highest BCUT2D eigenvalue weighted by Crippen LogP contribution is 2.17. The van der Waals surface area contributed by atoms with E-state index in [1.165, 1.54) is 18.3 Å². The van der Waals surface area contributed by atoms with Crippen molar-refractivity contribution >= 4 is 22.8 Å². The minimum atomic E-state index is -1.01. The largest absolute Gasteiger partial charge is 0.478 e. The molecule has 0 bridgehead atoms. The number of aromatic nitrogens is 3. The molecule has 3 aromatic rings. The maximum absolute atomic E-state index is 11.7. The number of hydrogen-bond acceptors (Lipinski definition) is 6. The Balaban J connectivity index is 1.94. The van der Waals surface area contributed by atoms with E-state index < -0.39 is 11.7 Å². The van der Waals surface area contributed by atoms with Gasteiger partial charge >= 0.3 is 11.7 Å². The van der Waals surface area contributed by atoms with Gasteiger partial charge in [-0.25, -0.2) is 14.6 Å². The van der Waals surface area contributed by atoms with Gasteiger partial charge < -0.3 is 15.6 Å². The zero-order chi connectivity index (χ0) is 16.4. The fourth-order valence-corrected chi connectivity index (χ4v) is 2.18. The van der Waals surface area contributed by atoms with Crippen molar-refractivity contribution in [2.45, 2.75) is 6.54 Å². The first-order valence-corrected chi connectivity index (χ1v) is 6.69. The van der Waals surface area contributed by atoms with Crippen molar-refractivity contribution in [3.05, 3.63) is 64.2 Å². The van der Waals surface area contributed by atoms with Crippen LogP contribution in [0.2, 0.25) is 0 Å². The predicted octanol–water partition coefficient (Wildman–Crippen LogP) is 1.34. The summed E-state index contributed by atoms with van der Waals surface area (Å²) in [5.41, 5.74) is 0.138. The number of carboxylic acids is 1. The molecular weight excluding hydrogens is 300 g/mol. The second kappa shape index (κ2) is 5.76. The molecule has 0 saturated carbocycles. The maximum Gasteiger partial charge on any atom is 0.384 e. The fraction of sp³-hybridized carbons (Fsp3) is 0.0667. The summed E-state index contributed by atoms with van der Waals surface area (Å²) >= 11 is 0. The number of benzene rings is 1. The monoisotopic (exact) mass is 312 g/mol. The fourth-order valence-electron chi connectivity index (χ4n) is 2.18. The predicted molar refractivity (Wildman–Crippen MR) is 81.7 cm³/mol. The van der Waals surface area contributed by atoms with Gasteiger partial charge in [-0.05, 0) is 29.8 Å². The van der Waals surface area contributed by atoms with Crippen molar-refractivity contribution in [1.82, 2.24) is 14.7 Å². The first-order valence-electron chi connectivity index (χ1n) is 6.69. The minimum absolute atomic E-state index is 0.0919. The SMILES string of the molecule is O=C(O)c1cccc(CNc2nc(=O)n(O)c3ncccc23)c1. The zero-order valence-electron chi connectivity index (χ0n) is 11.8. The molecule has 0 radical (unpaired) electrons. The van der Waals surface area contributed by atoms with E-state index in [0.29, 0.717) is 10.1 Å². The van der Waals surface area contributed by atoms with E-state index >= 15 is 0 Å². The number of carbonyl (C=O) groups is 1. The Morgan fingerprint density at radius 3 is 2.87 bits per heavy atom. The number of aromatic carboxylic acids is 1. The molecule has 0 aliphatic carbocycles. The highest BCUT2D eigenvalue weighted by atomic mass is 16.5. The highest BCUT2D eigenvalue weighted by molar-refractivity contribution is 5.88. The van der Waals surface area contributed by atoms with Crippen LogP contribution in [0.5, 0.6) is 0 Å². The summed E-state index contributed by atoms with van der Waals surface area (Å²) in [7, 11) is 0. The maximum atomic E-state index is 11.7. The van der Waals surface area contributed by atoms with Crippen molar-refractivity contribution in [3.63, 3.8) is 0 Å². The number of nitrogens with zero attached hydrogens (tertiary/aromatic N) is 3. The third kappa shape index (κ3) is 2.82. The molecule has 23 heavy (non-hydrogen) atoms. The molecule has 2 aromatic heterocycles. The molecule has 1 aromatic carbocycles. The minimum Gasteiger partial charge on any atom is -0.478 e. The molecule has 0 fully saturated rings. The Labute approximate surface area is 129 Å². The van der Waals surface area contributed by atoms with Gasteiger partial charge in [-0.15, -0.1) is 4.73 Å². The van der Waals surface area contributed by atoms with Crippen LogP contribution in [0.15, 0.2) is 47.4 Å². The molecule has 116 valence electrons. The summed E-state index contributed by atoms with van der Waals surface area (Å²) in [4.78, 5) is 30.3. The van der Waals surface area contributed by atoms with Gasteiger partial charge in [-0.2, -0.15) is 4.98 Å². The molecule has 8 heteroatoms. The van der Waals surface area contributed by atoms with Crippen molar-refractivity contribution in [2.24, 2.45) is 0 Å². The lowest BCUT2D eigenvalue weighted by molar-refractivity contribution is 0.0696. The van der Waals surface area contributed by atoms with Crippen LogP contribution in [0.3, 0.4) is 0 Å². The van der Waals surface area contributed by atoms with Crippen molar-refractivity contribution in [1.29, 1.82) is 0 Å². The van der Waals surface area contributed by atoms with E-state index in [1.54, 1.807) is 24.3 Å². The summed E-state index contributed by atoms with van der Waals surface area (Å²) in [6.07, 6.45) is 1.45. The number of anilines is 1. The smallest absolute Gasteiger partial charge is 0.384 e. The Morgan fingerprint density at radius 1 is 1.26 bits per heavy atom. The summed E-state index contributed by atoms with van der Waals surface area (Å²) < 4.78 is 0.381. The summed E-state index contributed by atoms with van der Waals surface area (Å²) in [5.74, 6) is -0.744. The topological polar surface area (TPSA) is 117 Å². The lowest BCUT2D eigenvalue weighted by Gasteiger charge is -2.09. The molecule has 2 heterocycles. The average Bonchev–Trinajstić information content (AvgIpc) is 2.57. The number of pyridine rings is 1. The zero-order valence-corrected chi connectivity index (χ0v) is 11.8. The van der Waals surface area contributed by atoms with Crippen LogP contribution in [0.1, 0.15) is 15.9 Å². The van der Waals surface area contributed by atoms with Crippen molar-refractivity contribution < 1.29 is 15.1 Å². The molecule has 0 unspecified atom stereocenters. The lowest BCUT2D eigenvalue weighted by atomic mass is 10.1. The van der Waals surface area contributed by atoms with Gasteiger partial charge in [0.25, 0.3) is 0 Å². The number of carboxylic acid groups (broad SMARTS) is 1. The van der Waals surface area contributed by atoms with Gasteiger partial charge in [0.05, 0.1) is 10.9 Å². The van der Waals surface area contributed by atoms with Crippen molar-refractivity contribution in [2.75, 3.05) is 5.32 Å². The third-order valence-electron chi connectivity index (χ3n) is 3.26. The number of fused-ring (bicyclic) bond motifs is 1. The van der Waals surface area contributed by atoms with E-state index in [-0.39, 0.29) is 23.6 Å². The van der Waals surface area contributed by atoms with Crippen LogP contribution >= 0.6 is 0 Å². The van der Waals surface area contributed by atoms with Gasteiger partial charge in [0.15, 0.2) is 5.65 Å². The summed E-state index contributed by atoms with van der Waals surface area (Å²) in [6, 6.07) is 9.74. The van der Waals surface area contributed by atoms with Gasteiger partial charge in [0.1, 0.15) is 5.82 Å². The Hall–Kier alpha value is -3.42. The molecular formula is C15H12N4O4. The number of hydrogen-bond donors (Lipinski definition) is 3. The first-order chi connectivity index (χ1) is 11.1. The molecule has 0 atom stereocenters. The van der Waals surface area contributed by atoms with Gasteiger partial charge in [0.2, 0.25) is 0 Å². The van der Waals surface area contributed by atoms with Gasteiger partial charge in [-0.3, -0.25) is 0 Å². The Morgan fingerprint density at radius 2 is 2.09 bits per heavy atom. The first kappa shape index (κ1) is 14.5. The van der Waals surface area contributed by atoms with E-state index in [2.05, 4.69) is 15.3 Å². The average molecular weight is 312 g/mol. The quantitative estimate of drug-likeness (QED) is 0.622. The number of rotatable bonds is 4. The molecule has 3 rings (SSSR count). The molecule has 0 amide bonds. The molecule has 0 spiro atoms. The van der Waals surface area contributed by atoms with Crippen LogP contribution < -0.4 is 11.0 Å². The Kier molecular flexibility index (Phi) is 3.63. The third-order valence-corrected chi connectivity index (χ3v) is 3.26. The standard InChI is InChI=1S/C15H12N4O4/c20-14(21)10-4-1-3-9(7-10)8-17-12-11-5-2-6-16-13(11)19(23)15(22)18-12/h1-7,23H,8H2,(H,20,21)(H,17,18,22). The summed E-state index contributed by atoms with van der Waals surface area (Å²) in [6.45, 7) is 0.271. The molecule has 0 saturated heterocycles. The molecule has 0 aliphatic heterocycles. The Bertz CT molecular complexity index is 952. The molecule has 8 nitrogen and oxygen atoms in total. The number of nitrogens with one attached hydrogen (secondary N) is 1.